The Morgan fingerprint density at radius 1 is 1.21 bits per heavy atom. The number of rotatable bonds is 3. The fourth-order valence-corrected chi connectivity index (χ4v) is 2.15. The number of nitrogens with one attached hydrogen (secondary N) is 1. The van der Waals surface area contributed by atoms with Crippen LogP contribution in [0, 0.1) is 4.77 Å². The zero-order chi connectivity index (χ0) is 14.0. The van der Waals surface area contributed by atoms with E-state index < -0.39 is 0 Å². The van der Waals surface area contributed by atoms with Crippen molar-refractivity contribution in [3.05, 3.63) is 45.7 Å². The summed E-state index contributed by atoms with van der Waals surface area (Å²) in [6.07, 6.45) is 0.648. The summed E-state index contributed by atoms with van der Waals surface area (Å²) in [5, 5.41) is 0. The zero-order valence-corrected chi connectivity index (χ0v) is 11.9. The number of benzene rings is 1. The van der Waals surface area contributed by atoms with Crippen molar-refractivity contribution in [3.8, 4) is 0 Å². The molecule has 0 fully saturated rings. The smallest absolute Gasteiger partial charge is 0.200 e. The van der Waals surface area contributed by atoms with E-state index in [1.165, 1.54) is 5.56 Å². The Labute approximate surface area is 117 Å². The third kappa shape index (κ3) is 3.12. The second kappa shape index (κ2) is 5.40. The predicted molar refractivity (Wildman–Crippen MR) is 81.6 cm³/mol. The van der Waals surface area contributed by atoms with Crippen molar-refractivity contribution in [2.75, 3.05) is 11.5 Å². The molecule has 0 radical (unpaired) electrons. The van der Waals surface area contributed by atoms with Crippen molar-refractivity contribution in [1.29, 1.82) is 0 Å². The van der Waals surface area contributed by atoms with Crippen LogP contribution in [-0.4, -0.2) is 9.97 Å². The van der Waals surface area contributed by atoms with Gasteiger partial charge in [-0.1, -0.05) is 38.1 Å². The van der Waals surface area contributed by atoms with Crippen LogP contribution in [-0.2, 0) is 6.42 Å². The van der Waals surface area contributed by atoms with E-state index >= 15 is 0 Å². The number of nitrogens with zero attached hydrogens (tertiary/aromatic N) is 1. The Bertz CT molecular complexity index is 603. The lowest BCUT2D eigenvalue weighted by atomic mass is 9.99. The summed E-state index contributed by atoms with van der Waals surface area (Å²) in [6, 6.07) is 8.45. The first-order valence-corrected chi connectivity index (χ1v) is 6.61. The van der Waals surface area contributed by atoms with Crippen LogP contribution < -0.4 is 11.5 Å². The molecule has 0 atom stereocenters. The van der Waals surface area contributed by atoms with Gasteiger partial charge in [0.15, 0.2) is 4.77 Å². The molecule has 4 nitrogen and oxygen atoms in total. The highest BCUT2D eigenvalue weighted by atomic mass is 32.1. The van der Waals surface area contributed by atoms with E-state index in [1.807, 2.05) is 0 Å². The normalized spacial score (nSPS) is 10.9. The number of H-pyrrole nitrogens is 1. The molecule has 0 unspecified atom stereocenters. The molecule has 0 spiro atoms. The highest BCUT2D eigenvalue weighted by Crippen LogP contribution is 2.21. The van der Waals surface area contributed by atoms with E-state index in [9.17, 15) is 0 Å². The molecule has 1 aromatic carbocycles. The van der Waals surface area contributed by atoms with Crippen LogP contribution in [0.15, 0.2) is 24.3 Å². The molecule has 0 saturated carbocycles. The number of aromatic amines is 1. The van der Waals surface area contributed by atoms with Gasteiger partial charge in [-0.25, -0.2) is 4.98 Å². The van der Waals surface area contributed by atoms with Crippen molar-refractivity contribution in [2.45, 2.75) is 26.2 Å². The fourth-order valence-electron chi connectivity index (χ4n) is 1.94. The largest absolute Gasteiger partial charge is 0.385 e. The number of anilines is 2. The molecule has 0 saturated heterocycles. The number of hydrogen-bond acceptors (Lipinski definition) is 4. The highest BCUT2D eigenvalue weighted by Gasteiger charge is 2.08. The minimum absolute atomic E-state index is 0.314. The van der Waals surface area contributed by atoms with Crippen LogP contribution in [0.5, 0.6) is 0 Å². The zero-order valence-electron chi connectivity index (χ0n) is 11.1. The summed E-state index contributed by atoms with van der Waals surface area (Å²) < 4.78 is 0.314. The standard InChI is InChI=1S/C14H18N4S/c1-8(2)10-5-3-9(4-6-10)7-11-12(15)17-14(19)18-13(11)16/h3-6,8H,7H2,1-2H3,(H5,15,16,17,18,19). The van der Waals surface area contributed by atoms with E-state index in [2.05, 4.69) is 48.1 Å². The van der Waals surface area contributed by atoms with Gasteiger partial charge in [0.1, 0.15) is 11.6 Å². The van der Waals surface area contributed by atoms with Gasteiger partial charge in [-0.3, -0.25) is 0 Å². The molecule has 1 heterocycles. The molecule has 0 amide bonds. The van der Waals surface area contributed by atoms with Crippen LogP contribution in [0.25, 0.3) is 0 Å². The molecule has 0 aliphatic rings. The van der Waals surface area contributed by atoms with E-state index in [0.717, 1.165) is 11.1 Å². The van der Waals surface area contributed by atoms with Crippen molar-refractivity contribution in [3.63, 3.8) is 0 Å². The molecule has 0 bridgehead atoms. The average Bonchev–Trinajstić information content (AvgIpc) is 2.34. The number of aromatic nitrogens is 2. The first-order chi connectivity index (χ1) is 8.97. The lowest BCUT2D eigenvalue weighted by Crippen LogP contribution is -2.06. The number of nitrogens with two attached hydrogens (primary N) is 2. The van der Waals surface area contributed by atoms with Crippen LogP contribution in [0.3, 0.4) is 0 Å². The summed E-state index contributed by atoms with van der Waals surface area (Å²) >= 11 is 4.93. The molecular weight excluding hydrogens is 256 g/mol. The van der Waals surface area contributed by atoms with Gasteiger partial charge in [0.2, 0.25) is 0 Å². The highest BCUT2D eigenvalue weighted by molar-refractivity contribution is 7.71. The van der Waals surface area contributed by atoms with Gasteiger partial charge in [-0.2, -0.15) is 0 Å². The summed E-state index contributed by atoms with van der Waals surface area (Å²) in [7, 11) is 0. The summed E-state index contributed by atoms with van der Waals surface area (Å²) in [5.41, 5.74) is 15.0. The van der Waals surface area contributed by atoms with Gasteiger partial charge in [0.25, 0.3) is 0 Å². The van der Waals surface area contributed by atoms with E-state index in [1.54, 1.807) is 0 Å². The van der Waals surface area contributed by atoms with Crippen LogP contribution in [0.4, 0.5) is 11.6 Å². The van der Waals surface area contributed by atoms with Crippen LogP contribution >= 0.6 is 12.2 Å². The molecule has 0 aliphatic heterocycles. The Hall–Kier alpha value is -1.88. The van der Waals surface area contributed by atoms with Crippen molar-refractivity contribution in [1.82, 2.24) is 9.97 Å². The topological polar surface area (TPSA) is 80.7 Å². The molecule has 19 heavy (non-hydrogen) atoms. The fraction of sp³-hybridized carbons (Fsp3) is 0.286. The molecule has 2 rings (SSSR count). The Morgan fingerprint density at radius 2 is 1.84 bits per heavy atom. The average molecular weight is 274 g/mol. The molecular formula is C14H18N4S. The molecule has 100 valence electrons. The lowest BCUT2D eigenvalue weighted by molar-refractivity contribution is 0.865. The van der Waals surface area contributed by atoms with Gasteiger partial charge < -0.3 is 16.5 Å². The minimum Gasteiger partial charge on any atom is -0.385 e. The second-order valence-corrected chi connectivity index (χ2v) is 5.28. The van der Waals surface area contributed by atoms with Gasteiger partial charge in [0, 0.05) is 12.0 Å². The van der Waals surface area contributed by atoms with Crippen molar-refractivity contribution >= 4 is 23.9 Å². The Balaban J connectivity index is 2.29. The van der Waals surface area contributed by atoms with Crippen molar-refractivity contribution < 1.29 is 0 Å². The third-order valence-electron chi connectivity index (χ3n) is 3.13. The molecule has 5 N–H and O–H groups in total. The molecule has 0 aliphatic carbocycles. The van der Waals surface area contributed by atoms with Gasteiger partial charge in [-0.15, -0.1) is 0 Å². The first kappa shape index (κ1) is 13.5. The van der Waals surface area contributed by atoms with Gasteiger partial charge >= 0.3 is 0 Å². The maximum absolute atomic E-state index is 5.91. The minimum atomic E-state index is 0.314. The van der Waals surface area contributed by atoms with Gasteiger partial charge in [0.05, 0.1) is 0 Å². The second-order valence-electron chi connectivity index (χ2n) is 4.89. The lowest BCUT2D eigenvalue weighted by Gasteiger charge is -2.10. The third-order valence-corrected chi connectivity index (χ3v) is 3.32. The summed E-state index contributed by atoms with van der Waals surface area (Å²) in [6.45, 7) is 4.35. The molecule has 2 aromatic rings. The first-order valence-electron chi connectivity index (χ1n) is 6.20. The maximum atomic E-state index is 5.91. The number of hydrogen-bond donors (Lipinski definition) is 3. The Kier molecular flexibility index (Phi) is 3.85. The van der Waals surface area contributed by atoms with E-state index in [4.69, 9.17) is 23.7 Å². The van der Waals surface area contributed by atoms with Gasteiger partial charge in [-0.05, 0) is 29.3 Å². The maximum Gasteiger partial charge on any atom is 0.200 e. The van der Waals surface area contributed by atoms with Crippen LogP contribution in [0.2, 0.25) is 0 Å². The Morgan fingerprint density at radius 3 is 2.37 bits per heavy atom. The quantitative estimate of drug-likeness (QED) is 0.751. The van der Waals surface area contributed by atoms with Crippen molar-refractivity contribution in [2.24, 2.45) is 0 Å². The summed E-state index contributed by atoms with van der Waals surface area (Å²) in [5.74, 6) is 1.42. The summed E-state index contributed by atoms with van der Waals surface area (Å²) in [4.78, 5) is 6.86. The monoisotopic (exact) mass is 274 g/mol. The molecule has 5 heteroatoms. The molecule has 1 aromatic heterocycles. The number of nitrogen functional groups attached to an aromatic ring is 2. The van der Waals surface area contributed by atoms with E-state index in [0.29, 0.717) is 28.7 Å². The SMILES string of the molecule is CC(C)c1ccc(Cc2c(N)nc(=S)[nH]c2N)cc1. The predicted octanol–water partition coefficient (Wildman–Crippen LogP) is 3.02. The van der Waals surface area contributed by atoms with Crippen LogP contribution in [0.1, 0.15) is 36.5 Å². The van der Waals surface area contributed by atoms with E-state index in [-0.39, 0.29) is 0 Å².